The molecule has 0 bridgehead atoms. The number of nitrogens with one attached hydrogen (secondary N) is 2. The molecule has 2 aliphatic heterocycles. The summed E-state index contributed by atoms with van der Waals surface area (Å²) in [6, 6.07) is 1.19. The summed E-state index contributed by atoms with van der Waals surface area (Å²) in [5.74, 6) is 0.310. The van der Waals surface area contributed by atoms with E-state index in [4.69, 9.17) is 4.74 Å². The van der Waals surface area contributed by atoms with Gasteiger partial charge in [-0.1, -0.05) is 0 Å². The highest BCUT2D eigenvalue weighted by molar-refractivity contribution is 7.14. The van der Waals surface area contributed by atoms with Crippen LogP contribution < -0.4 is 15.4 Å². The molecule has 1 fully saturated rings. The lowest BCUT2D eigenvalue weighted by atomic mass is 9.89. The van der Waals surface area contributed by atoms with Crippen molar-refractivity contribution in [1.82, 2.24) is 15.5 Å². The van der Waals surface area contributed by atoms with Gasteiger partial charge in [-0.15, -0.1) is 11.3 Å². The first-order valence-electron chi connectivity index (χ1n) is 7.58. The van der Waals surface area contributed by atoms with E-state index in [2.05, 4.69) is 10.6 Å². The van der Waals surface area contributed by atoms with Gasteiger partial charge in [-0.25, -0.2) is 0 Å². The van der Waals surface area contributed by atoms with Crippen LogP contribution in [-0.4, -0.2) is 60.2 Å². The SMILES string of the molecule is CNC(=O)c1cc2c(s1)[C@@H](N1CCNCC1=O)[C@H](O)C(C)(C)O2. The number of fused-ring (bicyclic) bond motifs is 1. The van der Waals surface area contributed by atoms with Crippen LogP contribution in [0.25, 0.3) is 0 Å². The van der Waals surface area contributed by atoms with Gasteiger partial charge in [0, 0.05) is 26.2 Å². The minimum absolute atomic E-state index is 0.0566. The Balaban J connectivity index is 2.05. The summed E-state index contributed by atoms with van der Waals surface area (Å²) in [6.07, 6.45) is -0.867. The molecular weight excluding hydrogens is 318 g/mol. The number of aliphatic hydroxyl groups is 1. The second-order valence-electron chi connectivity index (χ2n) is 6.28. The standard InChI is InChI=1S/C15H21N3O4S/c1-15(2)13(20)11(18-5-4-17-7-10(18)19)12-8(22-15)6-9(23-12)14(21)16-3/h6,11,13,17,20H,4-5,7H2,1-3H3,(H,16,21)/t11-,13+/m1/s1. The smallest absolute Gasteiger partial charge is 0.261 e. The number of hydrogen-bond donors (Lipinski definition) is 3. The van der Waals surface area contributed by atoms with Crippen LogP contribution in [0.5, 0.6) is 5.75 Å². The van der Waals surface area contributed by atoms with Gasteiger partial charge in [-0.05, 0) is 13.8 Å². The summed E-state index contributed by atoms with van der Waals surface area (Å²) in [7, 11) is 1.57. The van der Waals surface area contributed by atoms with Gasteiger partial charge in [0.15, 0.2) is 0 Å². The van der Waals surface area contributed by atoms with E-state index in [0.29, 0.717) is 23.7 Å². The summed E-state index contributed by atoms with van der Waals surface area (Å²) >= 11 is 1.26. The predicted octanol–water partition coefficient (Wildman–Crippen LogP) is 0.113. The van der Waals surface area contributed by atoms with Gasteiger partial charge in [-0.2, -0.15) is 0 Å². The number of amides is 2. The molecule has 8 heteroatoms. The van der Waals surface area contributed by atoms with E-state index in [0.717, 1.165) is 4.88 Å². The van der Waals surface area contributed by atoms with Crippen molar-refractivity contribution >= 4 is 23.2 Å². The highest BCUT2D eigenvalue weighted by Gasteiger charge is 2.48. The number of rotatable bonds is 2. The van der Waals surface area contributed by atoms with E-state index < -0.39 is 17.7 Å². The molecule has 1 aromatic rings. The maximum Gasteiger partial charge on any atom is 0.261 e. The highest BCUT2D eigenvalue weighted by Crippen LogP contribution is 2.47. The number of hydrogen-bond acceptors (Lipinski definition) is 6. The second kappa shape index (κ2) is 5.77. The molecule has 7 nitrogen and oxygen atoms in total. The number of piperazine rings is 1. The van der Waals surface area contributed by atoms with E-state index in [1.54, 1.807) is 31.9 Å². The Morgan fingerprint density at radius 2 is 2.30 bits per heavy atom. The van der Waals surface area contributed by atoms with Crippen molar-refractivity contribution in [3.63, 3.8) is 0 Å². The molecule has 23 heavy (non-hydrogen) atoms. The van der Waals surface area contributed by atoms with Crippen LogP contribution in [0.2, 0.25) is 0 Å². The lowest BCUT2D eigenvalue weighted by Crippen LogP contribution is -2.58. The van der Waals surface area contributed by atoms with Crippen LogP contribution in [-0.2, 0) is 4.79 Å². The van der Waals surface area contributed by atoms with Crippen LogP contribution in [0, 0.1) is 0 Å². The molecule has 0 aromatic carbocycles. The van der Waals surface area contributed by atoms with Crippen LogP contribution in [0.1, 0.15) is 34.4 Å². The first-order chi connectivity index (χ1) is 10.8. The van der Waals surface area contributed by atoms with E-state index in [-0.39, 0.29) is 18.4 Å². The van der Waals surface area contributed by atoms with Gasteiger partial charge in [0.2, 0.25) is 5.91 Å². The van der Waals surface area contributed by atoms with Gasteiger partial charge in [0.05, 0.1) is 22.3 Å². The second-order valence-corrected chi connectivity index (χ2v) is 7.36. The molecule has 3 rings (SSSR count). The minimum Gasteiger partial charge on any atom is -0.484 e. The minimum atomic E-state index is -0.867. The maximum absolute atomic E-state index is 12.3. The Bertz CT molecular complexity index is 643. The third-order valence-corrected chi connectivity index (χ3v) is 5.48. The van der Waals surface area contributed by atoms with Crippen molar-refractivity contribution in [1.29, 1.82) is 0 Å². The van der Waals surface area contributed by atoms with Gasteiger partial charge >= 0.3 is 0 Å². The first-order valence-corrected chi connectivity index (χ1v) is 8.40. The van der Waals surface area contributed by atoms with Crippen LogP contribution in [0.4, 0.5) is 0 Å². The molecule has 0 unspecified atom stereocenters. The summed E-state index contributed by atoms with van der Waals surface area (Å²) in [5.41, 5.74) is -0.843. The summed E-state index contributed by atoms with van der Waals surface area (Å²) < 4.78 is 5.89. The topological polar surface area (TPSA) is 90.9 Å². The number of carbonyl (C=O) groups is 2. The number of carbonyl (C=O) groups excluding carboxylic acids is 2. The Kier molecular flexibility index (Phi) is 4.07. The zero-order valence-electron chi connectivity index (χ0n) is 13.4. The van der Waals surface area contributed by atoms with Crippen LogP contribution in [0.3, 0.4) is 0 Å². The van der Waals surface area contributed by atoms with Crippen molar-refractivity contribution in [2.45, 2.75) is 31.6 Å². The molecule has 0 saturated carbocycles. The van der Waals surface area contributed by atoms with Crippen molar-refractivity contribution in [3.05, 3.63) is 15.8 Å². The van der Waals surface area contributed by atoms with E-state index in [1.165, 1.54) is 11.3 Å². The Morgan fingerprint density at radius 3 is 2.96 bits per heavy atom. The van der Waals surface area contributed by atoms with Crippen molar-refractivity contribution in [3.8, 4) is 5.75 Å². The van der Waals surface area contributed by atoms with Crippen molar-refractivity contribution < 1.29 is 19.4 Å². The third-order valence-electron chi connectivity index (χ3n) is 4.29. The van der Waals surface area contributed by atoms with Crippen LogP contribution in [0.15, 0.2) is 6.07 Å². The average Bonchev–Trinajstić information content (AvgIpc) is 2.91. The monoisotopic (exact) mass is 339 g/mol. The summed E-state index contributed by atoms with van der Waals surface area (Å²) in [4.78, 5) is 27.1. The molecule has 2 amide bonds. The predicted molar refractivity (Wildman–Crippen MR) is 85.7 cm³/mol. The Hall–Kier alpha value is -1.64. The number of ether oxygens (including phenoxy) is 1. The Labute approximate surface area is 138 Å². The van der Waals surface area contributed by atoms with Gasteiger partial charge in [0.1, 0.15) is 17.5 Å². The molecule has 2 atom stereocenters. The van der Waals surface area contributed by atoms with Gasteiger partial charge < -0.3 is 25.4 Å². The Morgan fingerprint density at radius 1 is 1.57 bits per heavy atom. The van der Waals surface area contributed by atoms with Crippen LogP contribution >= 0.6 is 11.3 Å². The number of aliphatic hydroxyl groups excluding tert-OH is 1. The average molecular weight is 339 g/mol. The molecule has 0 spiro atoms. The molecule has 1 aromatic heterocycles. The lowest BCUT2D eigenvalue weighted by Gasteiger charge is -2.46. The zero-order valence-corrected chi connectivity index (χ0v) is 14.2. The van der Waals surface area contributed by atoms with E-state index >= 15 is 0 Å². The van der Waals surface area contributed by atoms with Crippen molar-refractivity contribution in [2.75, 3.05) is 26.7 Å². The normalized spacial score (nSPS) is 26.4. The maximum atomic E-state index is 12.3. The molecule has 126 valence electrons. The fourth-order valence-corrected chi connectivity index (χ4v) is 4.18. The summed E-state index contributed by atoms with van der Waals surface area (Å²) in [6.45, 7) is 5.03. The molecule has 0 aliphatic carbocycles. The molecule has 0 radical (unpaired) electrons. The van der Waals surface area contributed by atoms with Gasteiger partial charge in [0.25, 0.3) is 5.91 Å². The highest BCUT2D eigenvalue weighted by atomic mass is 32.1. The van der Waals surface area contributed by atoms with Crippen molar-refractivity contribution in [2.24, 2.45) is 0 Å². The fourth-order valence-electron chi connectivity index (χ4n) is 3.00. The molecule has 3 N–H and O–H groups in total. The first kappa shape index (κ1) is 16.2. The molecule has 1 saturated heterocycles. The molecule has 3 heterocycles. The third kappa shape index (κ3) is 2.71. The quantitative estimate of drug-likeness (QED) is 0.712. The molecule has 2 aliphatic rings. The van der Waals surface area contributed by atoms with Gasteiger partial charge in [-0.3, -0.25) is 9.59 Å². The van der Waals surface area contributed by atoms with E-state index in [1.807, 2.05) is 0 Å². The number of thiophene rings is 1. The number of nitrogens with zero attached hydrogens (tertiary/aromatic N) is 1. The fraction of sp³-hybridized carbons (Fsp3) is 0.600. The van der Waals surface area contributed by atoms with E-state index in [9.17, 15) is 14.7 Å². The lowest BCUT2D eigenvalue weighted by molar-refractivity contribution is -0.145. The molecular formula is C15H21N3O4S. The summed E-state index contributed by atoms with van der Waals surface area (Å²) in [5, 5.41) is 16.4. The largest absolute Gasteiger partial charge is 0.484 e. The zero-order chi connectivity index (χ0) is 16.8.